The van der Waals surface area contributed by atoms with Crippen LogP contribution in [-0.4, -0.2) is 29.7 Å². The van der Waals surface area contributed by atoms with Crippen molar-refractivity contribution in [3.8, 4) is 17.2 Å². The van der Waals surface area contributed by atoms with Crippen LogP contribution in [0.25, 0.3) is 0 Å². The van der Waals surface area contributed by atoms with Crippen LogP contribution in [0.15, 0.2) is 35.2 Å². The maximum absolute atomic E-state index is 12.7. The lowest BCUT2D eigenvalue weighted by Gasteiger charge is -2.15. The minimum atomic E-state index is -3.82. The lowest BCUT2D eigenvalue weighted by molar-refractivity contribution is 0.405. The van der Waals surface area contributed by atoms with E-state index in [1.165, 1.54) is 39.5 Å². The molecule has 0 fully saturated rings. The molecular formula is C16H18ClNO5S. The summed E-state index contributed by atoms with van der Waals surface area (Å²) in [5.74, 6) is 1.20. The number of sulfonamides is 1. The Labute approximate surface area is 146 Å². The van der Waals surface area contributed by atoms with E-state index in [1.54, 1.807) is 19.1 Å². The third kappa shape index (κ3) is 3.68. The first-order chi connectivity index (χ1) is 11.3. The number of ether oxygens (including phenoxy) is 3. The topological polar surface area (TPSA) is 73.9 Å². The number of anilines is 1. The van der Waals surface area contributed by atoms with Crippen LogP contribution in [0, 0.1) is 6.92 Å². The van der Waals surface area contributed by atoms with E-state index in [1.807, 2.05) is 0 Å². The van der Waals surface area contributed by atoms with Gasteiger partial charge in [-0.1, -0.05) is 11.6 Å². The van der Waals surface area contributed by atoms with Gasteiger partial charge in [0.25, 0.3) is 10.0 Å². The standard InChI is InChI=1S/C16H18ClNO5S/c1-10-7-11(21-2)5-6-16(10)24(19,20)18-13-9-14(22-3)12(17)8-15(13)23-4/h5-9,18H,1-4H3. The highest BCUT2D eigenvalue weighted by molar-refractivity contribution is 7.92. The van der Waals surface area contributed by atoms with Crippen molar-refractivity contribution in [2.45, 2.75) is 11.8 Å². The molecule has 0 heterocycles. The van der Waals surface area contributed by atoms with Gasteiger partial charge < -0.3 is 14.2 Å². The number of hydrogen-bond acceptors (Lipinski definition) is 5. The second-order valence-corrected chi connectivity index (χ2v) is 6.98. The van der Waals surface area contributed by atoms with Crippen molar-refractivity contribution in [1.82, 2.24) is 0 Å². The fourth-order valence-corrected chi connectivity index (χ4v) is 3.71. The Morgan fingerprint density at radius 1 is 0.958 bits per heavy atom. The number of aryl methyl sites for hydroxylation is 1. The number of rotatable bonds is 6. The van der Waals surface area contributed by atoms with Crippen LogP contribution < -0.4 is 18.9 Å². The molecule has 0 aliphatic rings. The highest BCUT2D eigenvalue weighted by atomic mass is 35.5. The van der Waals surface area contributed by atoms with Crippen molar-refractivity contribution in [3.63, 3.8) is 0 Å². The zero-order chi connectivity index (χ0) is 17.9. The average molecular weight is 372 g/mol. The Hall–Kier alpha value is -2.12. The van der Waals surface area contributed by atoms with Crippen LogP contribution in [0.4, 0.5) is 5.69 Å². The van der Waals surface area contributed by atoms with Crippen LogP contribution in [0.3, 0.4) is 0 Å². The Balaban J connectivity index is 2.46. The van der Waals surface area contributed by atoms with Gasteiger partial charge in [-0.2, -0.15) is 0 Å². The quantitative estimate of drug-likeness (QED) is 0.841. The molecule has 6 nitrogen and oxygen atoms in total. The molecule has 0 spiro atoms. The summed E-state index contributed by atoms with van der Waals surface area (Å²) in [6, 6.07) is 7.67. The summed E-state index contributed by atoms with van der Waals surface area (Å²) in [5, 5.41) is 0.318. The fourth-order valence-electron chi connectivity index (χ4n) is 2.19. The molecule has 0 aromatic heterocycles. The van der Waals surface area contributed by atoms with Gasteiger partial charge in [-0.15, -0.1) is 0 Å². The molecule has 24 heavy (non-hydrogen) atoms. The largest absolute Gasteiger partial charge is 0.497 e. The van der Waals surface area contributed by atoms with Crippen molar-refractivity contribution in [3.05, 3.63) is 40.9 Å². The van der Waals surface area contributed by atoms with Crippen molar-refractivity contribution in [2.75, 3.05) is 26.1 Å². The van der Waals surface area contributed by atoms with Crippen LogP contribution >= 0.6 is 11.6 Å². The molecule has 2 aromatic rings. The zero-order valence-electron chi connectivity index (χ0n) is 13.7. The molecule has 2 aromatic carbocycles. The zero-order valence-corrected chi connectivity index (χ0v) is 15.3. The van der Waals surface area contributed by atoms with E-state index in [4.69, 9.17) is 25.8 Å². The molecule has 2 rings (SSSR count). The summed E-state index contributed by atoms with van der Waals surface area (Å²) in [4.78, 5) is 0.138. The van der Waals surface area contributed by atoms with Crippen molar-refractivity contribution < 1.29 is 22.6 Å². The molecule has 0 amide bonds. The van der Waals surface area contributed by atoms with E-state index < -0.39 is 10.0 Å². The van der Waals surface area contributed by atoms with Crippen LogP contribution in [0.5, 0.6) is 17.2 Å². The molecule has 0 unspecified atom stereocenters. The summed E-state index contributed by atoms with van der Waals surface area (Å²) in [7, 11) is 0.565. The molecule has 0 radical (unpaired) electrons. The number of nitrogens with one attached hydrogen (secondary N) is 1. The molecule has 1 N–H and O–H groups in total. The SMILES string of the molecule is COc1ccc(S(=O)(=O)Nc2cc(OC)c(Cl)cc2OC)c(C)c1. The van der Waals surface area contributed by atoms with Crippen LogP contribution in [0.2, 0.25) is 5.02 Å². The minimum Gasteiger partial charge on any atom is -0.497 e. The normalized spacial score (nSPS) is 11.0. The highest BCUT2D eigenvalue weighted by Crippen LogP contribution is 2.37. The summed E-state index contributed by atoms with van der Waals surface area (Å²) >= 11 is 6.03. The van der Waals surface area contributed by atoms with Gasteiger partial charge >= 0.3 is 0 Å². The van der Waals surface area contributed by atoms with Gasteiger partial charge in [-0.25, -0.2) is 8.42 Å². The van der Waals surface area contributed by atoms with E-state index in [2.05, 4.69) is 4.72 Å². The lowest BCUT2D eigenvalue weighted by Crippen LogP contribution is -2.15. The Morgan fingerprint density at radius 3 is 2.17 bits per heavy atom. The molecule has 0 bridgehead atoms. The number of benzene rings is 2. The van der Waals surface area contributed by atoms with E-state index in [-0.39, 0.29) is 16.3 Å². The predicted molar refractivity (Wildman–Crippen MR) is 93.1 cm³/mol. The van der Waals surface area contributed by atoms with Gasteiger partial charge in [0, 0.05) is 12.1 Å². The first kappa shape index (κ1) is 18.2. The number of hydrogen-bond donors (Lipinski definition) is 1. The smallest absolute Gasteiger partial charge is 0.262 e. The maximum Gasteiger partial charge on any atom is 0.262 e. The minimum absolute atomic E-state index is 0.138. The second kappa shape index (κ2) is 7.19. The van der Waals surface area contributed by atoms with Gasteiger partial charge in [-0.3, -0.25) is 4.72 Å². The fraction of sp³-hybridized carbons (Fsp3) is 0.250. The summed E-state index contributed by atoms with van der Waals surface area (Å²) < 4.78 is 43.3. The molecule has 0 atom stereocenters. The molecule has 0 aliphatic carbocycles. The molecule has 0 saturated carbocycles. The summed E-state index contributed by atoms with van der Waals surface area (Å²) in [6.45, 7) is 1.69. The molecule has 0 saturated heterocycles. The van der Waals surface area contributed by atoms with Crippen LogP contribution in [-0.2, 0) is 10.0 Å². The first-order valence-electron chi connectivity index (χ1n) is 6.91. The van der Waals surface area contributed by atoms with Crippen LogP contribution in [0.1, 0.15) is 5.56 Å². The summed E-state index contributed by atoms with van der Waals surface area (Å²) in [6.07, 6.45) is 0. The van der Waals surface area contributed by atoms with Crippen molar-refractivity contribution in [2.24, 2.45) is 0 Å². The van der Waals surface area contributed by atoms with Gasteiger partial charge in [-0.05, 0) is 30.7 Å². The molecular weight excluding hydrogens is 354 g/mol. The van der Waals surface area contributed by atoms with Gasteiger partial charge in [0.05, 0.1) is 36.9 Å². The van der Waals surface area contributed by atoms with E-state index in [0.717, 1.165) is 0 Å². The first-order valence-corrected chi connectivity index (χ1v) is 8.77. The average Bonchev–Trinajstić information content (AvgIpc) is 2.55. The molecule has 0 aliphatic heterocycles. The Morgan fingerprint density at radius 2 is 1.62 bits per heavy atom. The van der Waals surface area contributed by atoms with E-state index in [9.17, 15) is 8.42 Å². The molecule has 8 heteroatoms. The third-order valence-electron chi connectivity index (χ3n) is 3.39. The Kier molecular flexibility index (Phi) is 5.46. The number of halogens is 1. The summed E-state index contributed by atoms with van der Waals surface area (Å²) in [5.41, 5.74) is 0.788. The van der Waals surface area contributed by atoms with E-state index in [0.29, 0.717) is 22.1 Å². The highest BCUT2D eigenvalue weighted by Gasteiger charge is 2.20. The second-order valence-electron chi connectivity index (χ2n) is 4.92. The van der Waals surface area contributed by atoms with Gasteiger partial charge in [0.15, 0.2) is 0 Å². The Bertz CT molecular complexity index is 852. The van der Waals surface area contributed by atoms with Crippen molar-refractivity contribution >= 4 is 27.3 Å². The maximum atomic E-state index is 12.7. The van der Waals surface area contributed by atoms with E-state index >= 15 is 0 Å². The number of methoxy groups -OCH3 is 3. The predicted octanol–water partition coefficient (Wildman–Crippen LogP) is 3.48. The monoisotopic (exact) mass is 371 g/mol. The van der Waals surface area contributed by atoms with Gasteiger partial charge in [0.2, 0.25) is 0 Å². The third-order valence-corrected chi connectivity index (χ3v) is 5.21. The van der Waals surface area contributed by atoms with Crippen molar-refractivity contribution in [1.29, 1.82) is 0 Å². The van der Waals surface area contributed by atoms with Gasteiger partial charge in [0.1, 0.15) is 17.2 Å². The lowest BCUT2D eigenvalue weighted by atomic mass is 10.2. The molecule has 130 valence electrons.